The fourth-order valence-corrected chi connectivity index (χ4v) is 2.46. The van der Waals surface area contributed by atoms with Gasteiger partial charge in [0.05, 0.1) is 19.8 Å². The predicted octanol–water partition coefficient (Wildman–Crippen LogP) is 2.25. The van der Waals surface area contributed by atoms with E-state index in [4.69, 9.17) is 10.8 Å². The lowest BCUT2D eigenvalue weighted by molar-refractivity contribution is 0.0599. The highest BCUT2D eigenvalue weighted by Gasteiger charge is 2.30. The lowest BCUT2D eigenvalue weighted by Crippen LogP contribution is -2.36. The van der Waals surface area contributed by atoms with Crippen LogP contribution in [0.2, 0.25) is 0 Å². The van der Waals surface area contributed by atoms with Gasteiger partial charge in [-0.2, -0.15) is 0 Å². The van der Waals surface area contributed by atoms with Crippen molar-refractivity contribution in [1.82, 2.24) is 4.90 Å². The van der Waals surface area contributed by atoms with Gasteiger partial charge in [-0.1, -0.05) is 18.2 Å². The Balaban J connectivity index is 2.29. The van der Waals surface area contributed by atoms with Crippen LogP contribution >= 0.6 is 0 Å². The highest BCUT2D eigenvalue weighted by molar-refractivity contribution is 5.91. The SMILES string of the molecule is [2H][C@@H](c1ccccc1C(=O)OC)[C@H]1CCCN1C(=O)OC. The van der Waals surface area contributed by atoms with E-state index in [0.717, 1.165) is 12.8 Å². The van der Waals surface area contributed by atoms with Crippen LogP contribution in [0.5, 0.6) is 0 Å². The Labute approximate surface area is 119 Å². The largest absolute Gasteiger partial charge is 0.465 e. The minimum absolute atomic E-state index is 0.289. The first-order valence-corrected chi connectivity index (χ1v) is 6.54. The van der Waals surface area contributed by atoms with Gasteiger partial charge in [0.2, 0.25) is 0 Å². The number of esters is 1. The minimum atomic E-state index is -0.707. The van der Waals surface area contributed by atoms with E-state index in [0.29, 0.717) is 17.7 Å². The lowest BCUT2D eigenvalue weighted by Gasteiger charge is -2.23. The number of carbonyl (C=O) groups excluding carboxylic acids is 2. The van der Waals surface area contributed by atoms with Crippen LogP contribution in [0.1, 0.15) is 30.1 Å². The van der Waals surface area contributed by atoms with E-state index in [9.17, 15) is 9.59 Å². The number of methoxy groups -OCH3 is 2. The quantitative estimate of drug-likeness (QED) is 0.796. The van der Waals surface area contributed by atoms with Gasteiger partial charge in [0.1, 0.15) is 0 Å². The summed E-state index contributed by atoms with van der Waals surface area (Å²) in [4.78, 5) is 25.1. The van der Waals surface area contributed by atoms with Gasteiger partial charge < -0.3 is 14.4 Å². The number of amides is 1. The number of ether oxygens (including phenoxy) is 2. The maximum Gasteiger partial charge on any atom is 0.409 e. The standard InChI is InChI=1S/C15H19NO4/c1-19-14(17)13-8-4-3-6-11(13)10-12-7-5-9-16(12)15(18)20-2/h3-4,6,8,12H,5,7,9-10H2,1-2H3/t12-/m1/s1/i10D/t10-,12+/m0. The van der Waals surface area contributed by atoms with Crippen molar-refractivity contribution in [2.24, 2.45) is 0 Å². The van der Waals surface area contributed by atoms with E-state index in [2.05, 4.69) is 0 Å². The molecule has 5 nitrogen and oxygen atoms in total. The van der Waals surface area contributed by atoms with E-state index in [-0.39, 0.29) is 6.04 Å². The molecule has 1 amide bonds. The van der Waals surface area contributed by atoms with Crippen LogP contribution in [-0.2, 0) is 15.9 Å². The maximum atomic E-state index is 11.8. The molecule has 2 rings (SSSR count). The van der Waals surface area contributed by atoms with E-state index >= 15 is 0 Å². The Morgan fingerprint density at radius 3 is 2.80 bits per heavy atom. The molecule has 0 aromatic heterocycles. The summed E-state index contributed by atoms with van der Waals surface area (Å²) in [6.45, 7) is 0.576. The molecular formula is C15H19NO4. The molecule has 0 spiro atoms. The number of hydrogen-bond acceptors (Lipinski definition) is 4. The van der Waals surface area contributed by atoms with Crippen LogP contribution in [0.25, 0.3) is 0 Å². The topological polar surface area (TPSA) is 55.8 Å². The molecule has 0 radical (unpaired) electrons. The zero-order valence-electron chi connectivity index (χ0n) is 12.7. The van der Waals surface area contributed by atoms with Crippen LogP contribution in [0.3, 0.4) is 0 Å². The molecule has 1 saturated heterocycles. The van der Waals surface area contributed by atoms with Crippen molar-refractivity contribution in [1.29, 1.82) is 0 Å². The molecular weight excluding hydrogens is 258 g/mol. The van der Waals surface area contributed by atoms with Crippen LogP contribution in [0, 0.1) is 0 Å². The fraction of sp³-hybridized carbons (Fsp3) is 0.467. The summed E-state index contributed by atoms with van der Waals surface area (Å²) in [6.07, 6.45) is 0.418. The lowest BCUT2D eigenvalue weighted by atomic mass is 9.99. The average molecular weight is 278 g/mol. The Kier molecular flexibility index (Phi) is 4.16. The molecule has 2 atom stereocenters. The van der Waals surface area contributed by atoms with E-state index in [1.165, 1.54) is 14.2 Å². The Morgan fingerprint density at radius 1 is 1.35 bits per heavy atom. The zero-order chi connectivity index (χ0) is 15.4. The maximum absolute atomic E-state index is 11.8. The molecule has 1 aliphatic rings. The average Bonchev–Trinajstić information content (AvgIpc) is 3.02. The summed E-state index contributed by atoms with van der Waals surface area (Å²) in [5.41, 5.74) is 0.946. The normalized spacial score (nSPS) is 20.2. The molecule has 0 saturated carbocycles. The molecule has 1 fully saturated rings. The van der Waals surface area contributed by atoms with Crippen molar-refractivity contribution in [2.45, 2.75) is 25.3 Å². The third kappa shape index (κ3) is 2.92. The summed E-state index contributed by atoms with van der Waals surface area (Å²) < 4.78 is 18.0. The van der Waals surface area contributed by atoms with Crippen LogP contribution in [0.4, 0.5) is 4.79 Å². The fourth-order valence-electron chi connectivity index (χ4n) is 2.46. The van der Waals surface area contributed by atoms with Crippen LogP contribution < -0.4 is 0 Å². The molecule has 5 heteroatoms. The zero-order valence-corrected chi connectivity index (χ0v) is 11.7. The molecule has 1 aliphatic heterocycles. The third-order valence-electron chi connectivity index (χ3n) is 3.45. The van der Waals surface area contributed by atoms with E-state index < -0.39 is 18.5 Å². The molecule has 108 valence electrons. The van der Waals surface area contributed by atoms with Gasteiger partial charge in [0.15, 0.2) is 0 Å². The Bertz CT molecular complexity index is 534. The van der Waals surface area contributed by atoms with Crippen LogP contribution in [0.15, 0.2) is 24.3 Å². The molecule has 0 bridgehead atoms. The Hall–Kier alpha value is -2.04. The predicted molar refractivity (Wildman–Crippen MR) is 73.6 cm³/mol. The van der Waals surface area contributed by atoms with E-state index in [1.54, 1.807) is 29.2 Å². The number of nitrogens with zero attached hydrogens (tertiary/aromatic N) is 1. The van der Waals surface area contributed by atoms with Crippen molar-refractivity contribution in [3.8, 4) is 0 Å². The van der Waals surface area contributed by atoms with Gasteiger partial charge in [-0.05, 0) is 30.9 Å². The highest BCUT2D eigenvalue weighted by Crippen LogP contribution is 2.23. The second-order valence-corrected chi connectivity index (χ2v) is 4.62. The number of benzene rings is 1. The van der Waals surface area contributed by atoms with Crippen molar-refractivity contribution in [3.05, 3.63) is 35.4 Å². The highest BCUT2D eigenvalue weighted by atomic mass is 16.5. The van der Waals surface area contributed by atoms with Crippen LogP contribution in [-0.4, -0.2) is 43.8 Å². The van der Waals surface area contributed by atoms with Crippen molar-refractivity contribution >= 4 is 12.1 Å². The van der Waals surface area contributed by atoms with Gasteiger partial charge in [-0.15, -0.1) is 0 Å². The number of likely N-dealkylation sites (tertiary alicyclic amines) is 1. The monoisotopic (exact) mass is 278 g/mol. The number of hydrogen-bond donors (Lipinski definition) is 0. The molecule has 0 unspecified atom stereocenters. The summed E-state index contributed by atoms with van der Waals surface area (Å²) in [7, 11) is 2.65. The van der Waals surface area contributed by atoms with Gasteiger partial charge in [-0.25, -0.2) is 9.59 Å². The minimum Gasteiger partial charge on any atom is -0.465 e. The third-order valence-corrected chi connectivity index (χ3v) is 3.45. The molecule has 1 heterocycles. The van der Waals surface area contributed by atoms with Gasteiger partial charge in [-0.3, -0.25) is 0 Å². The first-order chi connectivity index (χ1) is 10.1. The van der Waals surface area contributed by atoms with Crippen molar-refractivity contribution < 1.29 is 20.4 Å². The molecule has 0 N–H and O–H groups in total. The Morgan fingerprint density at radius 2 is 2.10 bits per heavy atom. The molecule has 1 aromatic rings. The summed E-state index contributed by atoms with van der Waals surface area (Å²) in [5.74, 6) is -0.467. The first-order valence-electron chi connectivity index (χ1n) is 7.12. The summed E-state index contributed by atoms with van der Waals surface area (Å²) >= 11 is 0. The van der Waals surface area contributed by atoms with Crippen molar-refractivity contribution in [3.63, 3.8) is 0 Å². The van der Waals surface area contributed by atoms with E-state index in [1.807, 2.05) is 0 Å². The first kappa shape index (κ1) is 13.0. The smallest absolute Gasteiger partial charge is 0.409 e. The number of rotatable bonds is 3. The second kappa shape index (κ2) is 6.41. The summed E-state index contributed by atoms with van der Waals surface area (Å²) in [5, 5.41) is 0. The molecule has 1 aromatic carbocycles. The molecule has 0 aliphatic carbocycles. The number of carbonyl (C=O) groups is 2. The van der Waals surface area contributed by atoms with Gasteiger partial charge in [0.25, 0.3) is 0 Å². The summed E-state index contributed by atoms with van der Waals surface area (Å²) in [6, 6.07) is 6.59. The molecule has 20 heavy (non-hydrogen) atoms. The van der Waals surface area contributed by atoms with Crippen molar-refractivity contribution in [2.75, 3.05) is 20.8 Å². The van der Waals surface area contributed by atoms with Gasteiger partial charge in [0, 0.05) is 14.0 Å². The second-order valence-electron chi connectivity index (χ2n) is 4.62. The van der Waals surface area contributed by atoms with Gasteiger partial charge >= 0.3 is 12.1 Å².